The molecule has 3 aliphatic rings. The summed E-state index contributed by atoms with van der Waals surface area (Å²) in [4.78, 5) is 57.8. The van der Waals surface area contributed by atoms with Crippen LogP contribution >= 0.6 is 0 Å². The molecule has 1 saturated carbocycles. The number of carbonyl (C=O) groups excluding carboxylic acids is 2. The van der Waals surface area contributed by atoms with Crippen LogP contribution < -0.4 is 26.6 Å². The van der Waals surface area contributed by atoms with Crippen molar-refractivity contribution in [3.8, 4) is 28.3 Å². The van der Waals surface area contributed by atoms with Crippen molar-refractivity contribution in [2.75, 3.05) is 32.1 Å². The molecular formula is C43H52N6O6. The highest BCUT2D eigenvalue weighted by Gasteiger charge is 2.44. The van der Waals surface area contributed by atoms with Crippen LogP contribution in [-0.4, -0.2) is 68.4 Å². The number of hydrogen-bond donors (Lipinski definition) is 3. The van der Waals surface area contributed by atoms with Crippen molar-refractivity contribution in [3.63, 3.8) is 0 Å². The molecule has 12 heteroatoms. The summed E-state index contributed by atoms with van der Waals surface area (Å²) in [5, 5.41) is 15.5. The van der Waals surface area contributed by atoms with Crippen LogP contribution in [0, 0.1) is 25.7 Å². The summed E-state index contributed by atoms with van der Waals surface area (Å²) in [7, 11) is 4.57. The molecule has 3 N–H and O–H groups in total. The van der Waals surface area contributed by atoms with E-state index in [0.717, 1.165) is 83.0 Å². The monoisotopic (exact) mass is 748 g/mol. The molecule has 0 bridgehead atoms. The molecule has 3 heterocycles. The molecule has 4 aromatic rings. The van der Waals surface area contributed by atoms with Crippen LogP contribution in [0.5, 0.6) is 5.88 Å². The van der Waals surface area contributed by atoms with Crippen molar-refractivity contribution in [3.05, 3.63) is 97.3 Å². The Morgan fingerprint density at radius 1 is 1.04 bits per heavy atom. The third-order valence-corrected chi connectivity index (χ3v) is 12.6. The molecule has 1 saturated heterocycles. The number of fused-ring (bicyclic) bond motifs is 1. The molecule has 2 aromatic carbocycles. The van der Waals surface area contributed by atoms with E-state index in [-0.39, 0.29) is 23.7 Å². The standard InChI is InChI=1S/C43H52N6O6/c1-25-23-43(17-18-49(19-20-50)41(53)46-43)16-15-28(25)21-29-13-14-30-22-36(45-39(55-6)37(29)30)33-11-7-9-31(26(33)2)32-10-8-12-35(27(32)3)44-38(51)34-24-47(4)42(54)48(5)40(34)52/h7-12,22,24-25,28-29,50H,13-21,23H2,1-6H3,(H,44,51)(H,46,53)/t25?,28?,29-,43-/m1/s1. The van der Waals surface area contributed by atoms with Gasteiger partial charge in [0.2, 0.25) is 5.88 Å². The topological polar surface area (TPSA) is 148 Å². The van der Waals surface area contributed by atoms with Crippen LogP contribution in [0.3, 0.4) is 0 Å². The van der Waals surface area contributed by atoms with Gasteiger partial charge >= 0.3 is 11.7 Å². The summed E-state index contributed by atoms with van der Waals surface area (Å²) in [6.45, 7) is 7.42. The molecule has 3 amide bonds. The number of hydrogen-bond acceptors (Lipinski definition) is 7. The second kappa shape index (κ2) is 15.1. The summed E-state index contributed by atoms with van der Waals surface area (Å²) in [5.74, 6) is 1.49. The van der Waals surface area contributed by atoms with Crippen LogP contribution in [0.25, 0.3) is 22.4 Å². The Balaban J connectivity index is 1.10. The number of methoxy groups -OCH3 is 1. The Labute approximate surface area is 321 Å². The number of nitrogens with one attached hydrogen (secondary N) is 2. The largest absolute Gasteiger partial charge is 0.481 e. The average molecular weight is 749 g/mol. The van der Waals surface area contributed by atoms with Crippen molar-refractivity contribution in [2.24, 2.45) is 25.9 Å². The second-order valence-electron chi connectivity index (χ2n) is 15.9. The van der Waals surface area contributed by atoms with Crippen molar-refractivity contribution in [1.82, 2.24) is 24.3 Å². The predicted octanol–water partition coefficient (Wildman–Crippen LogP) is 5.69. The molecule has 0 radical (unpaired) electrons. The number of aliphatic hydroxyl groups is 1. The summed E-state index contributed by atoms with van der Waals surface area (Å²) < 4.78 is 8.17. The van der Waals surface area contributed by atoms with Gasteiger partial charge in [-0.3, -0.25) is 14.2 Å². The Morgan fingerprint density at radius 3 is 2.47 bits per heavy atom. The zero-order valence-electron chi connectivity index (χ0n) is 32.7. The second-order valence-corrected chi connectivity index (χ2v) is 15.9. The van der Waals surface area contributed by atoms with Gasteiger partial charge in [0.05, 0.1) is 19.4 Å². The number of ether oxygens (including phenoxy) is 1. The van der Waals surface area contributed by atoms with Gasteiger partial charge in [-0.05, 0) is 116 Å². The molecule has 2 aliphatic carbocycles. The summed E-state index contributed by atoms with van der Waals surface area (Å²) in [6, 6.07) is 14.1. The number of amides is 3. The number of aryl methyl sites for hydroxylation is 2. The van der Waals surface area contributed by atoms with Gasteiger partial charge in [0.1, 0.15) is 5.56 Å². The zero-order chi connectivity index (χ0) is 39.2. The van der Waals surface area contributed by atoms with E-state index in [9.17, 15) is 24.3 Å². The quantitative estimate of drug-likeness (QED) is 0.199. The molecule has 12 nitrogen and oxygen atoms in total. The Bertz CT molecular complexity index is 2280. The Morgan fingerprint density at radius 2 is 1.76 bits per heavy atom. The highest BCUT2D eigenvalue weighted by Crippen LogP contribution is 2.49. The molecule has 1 spiro atoms. The van der Waals surface area contributed by atoms with Crippen molar-refractivity contribution in [2.45, 2.75) is 77.2 Å². The van der Waals surface area contributed by atoms with Gasteiger partial charge in [0.15, 0.2) is 0 Å². The highest BCUT2D eigenvalue weighted by atomic mass is 16.5. The van der Waals surface area contributed by atoms with Gasteiger partial charge in [-0.15, -0.1) is 0 Å². The maximum Gasteiger partial charge on any atom is 0.330 e. The first-order chi connectivity index (χ1) is 26.3. The van der Waals surface area contributed by atoms with Crippen molar-refractivity contribution >= 4 is 17.6 Å². The van der Waals surface area contributed by atoms with Crippen LogP contribution in [0.1, 0.15) is 84.0 Å². The molecule has 1 aliphatic heterocycles. The number of β-amino-alcohol motifs (C(OH)–C–C–N with tert-alkyl or cyclic N) is 1. The first-order valence-electron chi connectivity index (χ1n) is 19.4. The number of carbonyl (C=O) groups is 2. The maximum atomic E-state index is 13.3. The van der Waals surface area contributed by atoms with E-state index in [1.807, 2.05) is 25.1 Å². The lowest BCUT2D eigenvalue weighted by atomic mass is 9.66. The lowest BCUT2D eigenvalue weighted by Gasteiger charge is -2.49. The van der Waals surface area contributed by atoms with Gasteiger partial charge in [-0.25, -0.2) is 14.6 Å². The van der Waals surface area contributed by atoms with Crippen LogP contribution in [0.2, 0.25) is 0 Å². The SMILES string of the molecule is COc1nc(-c2cccc(-c3cccc(NC(=O)c4cn(C)c(=O)n(C)c4=O)c3C)c2C)cc2c1[C@@H](CC1CC[C@@]3(CCN(CCO)C(=O)N3)CC1C)CC2. The van der Waals surface area contributed by atoms with E-state index in [2.05, 4.69) is 42.7 Å². The first kappa shape index (κ1) is 38.1. The van der Waals surface area contributed by atoms with E-state index in [0.29, 0.717) is 42.4 Å². The van der Waals surface area contributed by atoms with Gasteiger partial charge in [0, 0.05) is 55.7 Å². The normalized spacial score (nSPS) is 22.1. The van der Waals surface area contributed by atoms with Gasteiger partial charge in [-0.1, -0.05) is 37.3 Å². The van der Waals surface area contributed by atoms with Crippen molar-refractivity contribution < 1.29 is 19.4 Å². The summed E-state index contributed by atoms with van der Waals surface area (Å²) in [5.41, 5.74) is 7.36. The first-order valence-corrected chi connectivity index (χ1v) is 19.4. The molecule has 290 valence electrons. The molecule has 2 aromatic heterocycles. The number of anilines is 1. The minimum absolute atomic E-state index is 0.0159. The van der Waals surface area contributed by atoms with Crippen LogP contribution in [0.15, 0.2) is 58.3 Å². The predicted molar refractivity (Wildman–Crippen MR) is 213 cm³/mol. The number of aliphatic hydroxyl groups excluding tert-OH is 1. The fraction of sp³-hybridized carbons (Fsp3) is 0.465. The van der Waals surface area contributed by atoms with Gasteiger partial charge < -0.3 is 29.9 Å². The number of nitrogens with zero attached hydrogens (tertiary/aromatic N) is 4. The zero-order valence-corrected chi connectivity index (χ0v) is 32.7. The molecule has 55 heavy (non-hydrogen) atoms. The third-order valence-electron chi connectivity index (χ3n) is 12.6. The Hall–Kier alpha value is -5.23. The van der Waals surface area contributed by atoms with Crippen LogP contribution in [-0.2, 0) is 20.5 Å². The van der Waals surface area contributed by atoms with E-state index < -0.39 is 17.2 Å². The minimum atomic E-state index is -0.651. The van der Waals surface area contributed by atoms with E-state index >= 15 is 0 Å². The number of rotatable bonds is 9. The lowest BCUT2D eigenvalue weighted by Crippen LogP contribution is -2.62. The third kappa shape index (κ3) is 7.08. The molecule has 4 atom stereocenters. The number of urea groups is 1. The molecule has 7 rings (SSSR count). The summed E-state index contributed by atoms with van der Waals surface area (Å²) >= 11 is 0. The van der Waals surface area contributed by atoms with Crippen molar-refractivity contribution in [1.29, 1.82) is 0 Å². The number of aromatic nitrogens is 3. The summed E-state index contributed by atoms with van der Waals surface area (Å²) in [6.07, 6.45) is 8.31. The highest BCUT2D eigenvalue weighted by molar-refractivity contribution is 6.04. The maximum absolute atomic E-state index is 13.3. The number of pyridine rings is 1. The van der Waals surface area contributed by atoms with Gasteiger partial charge in [0.25, 0.3) is 11.5 Å². The van der Waals surface area contributed by atoms with E-state index in [4.69, 9.17) is 9.72 Å². The smallest absolute Gasteiger partial charge is 0.330 e. The fourth-order valence-electron chi connectivity index (χ4n) is 9.49. The lowest BCUT2D eigenvalue weighted by molar-refractivity contribution is 0.0754. The minimum Gasteiger partial charge on any atom is -0.481 e. The number of benzene rings is 2. The fourth-order valence-corrected chi connectivity index (χ4v) is 9.49. The van der Waals surface area contributed by atoms with Gasteiger partial charge in [-0.2, -0.15) is 0 Å². The molecular weight excluding hydrogens is 697 g/mol. The average Bonchev–Trinajstić information content (AvgIpc) is 3.58. The van der Waals surface area contributed by atoms with E-state index in [1.54, 1.807) is 18.1 Å². The molecule has 2 fully saturated rings. The van der Waals surface area contributed by atoms with E-state index in [1.165, 1.54) is 36.0 Å². The van der Waals surface area contributed by atoms with Crippen LogP contribution in [0.4, 0.5) is 10.5 Å². The molecule has 2 unspecified atom stereocenters. The Kier molecular flexibility index (Phi) is 10.5.